The van der Waals surface area contributed by atoms with Gasteiger partial charge in [0.2, 0.25) is 5.60 Å². The highest BCUT2D eigenvalue weighted by molar-refractivity contribution is 6.05. The Hall–Kier alpha value is -2.92. The lowest BCUT2D eigenvalue weighted by Gasteiger charge is -2.29. The number of hydrogen-bond acceptors (Lipinski definition) is 11. The van der Waals surface area contributed by atoms with Gasteiger partial charge in [-0.25, -0.2) is 4.79 Å². The number of fused-ring (bicyclic) bond motifs is 2. The first-order valence-corrected chi connectivity index (χ1v) is 11.0. The van der Waals surface area contributed by atoms with E-state index in [9.17, 15) is 28.8 Å². The SMILES string of the molecule is C=C(C=O)C1CC(=O)C(C(=O)OC)C2OC(C)(CC2=O)CC2OC(=O)C3(OC23)C(OC(C)=O)C1. The van der Waals surface area contributed by atoms with Gasteiger partial charge < -0.3 is 23.7 Å². The molecule has 0 aliphatic carbocycles. The van der Waals surface area contributed by atoms with Crippen LogP contribution in [0.1, 0.15) is 39.5 Å². The van der Waals surface area contributed by atoms with Crippen LogP contribution in [0.3, 0.4) is 0 Å². The summed E-state index contributed by atoms with van der Waals surface area (Å²) in [7, 11) is 1.09. The van der Waals surface area contributed by atoms with Crippen LogP contribution < -0.4 is 0 Å². The van der Waals surface area contributed by atoms with E-state index < -0.39 is 83.3 Å². The maximum atomic E-state index is 13.3. The van der Waals surface area contributed by atoms with Crippen LogP contribution in [0.2, 0.25) is 0 Å². The molecule has 4 aliphatic rings. The molecule has 4 bridgehead atoms. The van der Waals surface area contributed by atoms with Crippen molar-refractivity contribution in [2.45, 2.75) is 75.1 Å². The third-order valence-corrected chi connectivity index (χ3v) is 7.03. The lowest BCUT2D eigenvalue weighted by Crippen LogP contribution is -2.43. The van der Waals surface area contributed by atoms with E-state index >= 15 is 0 Å². The van der Waals surface area contributed by atoms with Crippen molar-refractivity contribution in [1.82, 2.24) is 0 Å². The number of carbonyl (C=O) groups excluding carboxylic acids is 6. The summed E-state index contributed by atoms with van der Waals surface area (Å²) in [6, 6.07) is 0. The Morgan fingerprint density at radius 1 is 1.18 bits per heavy atom. The van der Waals surface area contributed by atoms with Gasteiger partial charge in [-0.2, -0.15) is 0 Å². The minimum Gasteiger partial charge on any atom is -0.468 e. The minimum absolute atomic E-state index is 0.0102. The van der Waals surface area contributed by atoms with E-state index in [1.165, 1.54) is 0 Å². The number of allylic oxidation sites excluding steroid dienone is 1. The number of ketones is 2. The average Bonchev–Trinajstić information content (AvgIpc) is 3.38. The first-order chi connectivity index (χ1) is 16.0. The highest BCUT2D eigenvalue weighted by Gasteiger charge is 2.78. The molecule has 184 valence electrons. The van der Waals surface area contributed by atoms with Crippen molar-refractivity contribution in [2.75, 3.05) is 7.11 Å². The molecule has 0 radical (unpaired) electrons. The fraction of sp³-hybridized carbons (Fsp3) is 0.652. The van der Waals surface area contributed by atoms with Crippen LogP contribution in [0.4, 0.5) is 0 Å². The largest absolute Gasteiger partial charge is 0.468 e. The summed E-state index contributed by atoms with van der Waals surface area (Å²) in [4.78, 5) is 75.0. The molecule has 4 rings (SSSR count). The van der Waals surface area contributed by atoms with Crippen LogP contribution in [-0.2, 0) is 52.5 Å². The fourth-order valence-corrected chi connectivity index (χ4v) is 5.36. The molecule has 4 fully saturated rings. The lowest BCUT2D eigenvalue weighted by molar-refractivity contribution is -0.169. The van der Waals surface area contributed by atoms with Gasteiger partial charge in [0, 0.05) is 26.2 Å². The van der Waals surface area contributed by atoms with E-state index in [1.807, 2.05) is 0 Å². The van der Waals surface area contributed by atoms with Crippen LogP contribution in [0, 0.1) is 11.8 Å². The van der Waals surface area contributed by atoms with E-state index in [0.717, 1.165) is 14.0 Å². The second-order valence-electron chi connectivity index (χ2n) is 9.51. The summed E-state index contributed by atoms with van der Waals surface area (Å²) >= 11 is 0. The van der Waals surface area contributed by atoms with Crippen molar-refractivity contribution < 1.29 is 52.5 Å². The molecule has 11 heteroatoms. The van der Waals surface area contributed by atoms with Crippen molar-refractivity contribution in [3.8, 4) is 0 Å². The molecule has 4 saturated heterocycles. The van der Waals surface area contributed by atoms with Crippen LogP contribution in [0.25, 0.3) is 0 Å². The van der Waals surface area contributed by atoms with Gasteiger partial charge in [-0.05, 0) is 24.8 Å². The first kappa shape index (κ1) is 24.2. The fourth-order valence-electron chi connectivity index (χ4n) is 5.36. The number of aldehydes is 1. The number of ether oxygens (including phenoxy) is 5. The molecular weight excluding hydrogens is 452 g/mol. The Kier molecular flexibility index (Phi) is 5.97. The third-order valence-electron chi connectivity index (χ3n) is 7.03. The summed E-state index contributed by atoms with van der Waals surface area (Å²) in [6.07, 6.45) is -4.30. The molecule has 4 aliphatic heterocycles. The maximum absolute atomic E-state index is 13.3. The Balaban J connectivity index is 1.78. The first-order valence-electron chi connectivity index (χ1n) is 11.0. The number of carbonyl (C=O) groups is 6. The number of epoxide rings is 1. The summed E-state index contributed by atoms with van der Waals surface area (Å²) in [5, 5.41) is 0. The van der Waals surface area contributed by atoms with Gasteiger partial charge in [-0.1, -0.05) is 6.58 Å². The molecule has 0 spiro atoms. The zero-order valence-corrected chi connectivity index (χ0v) is 19.1. The van der Waals surface area contributed by atoms with Gasteiger partial charge in [0.1, 0.15) is 36.6 Å². The number of methoxy groups -OCH3 is 1. The molecule has 11 nitrogen and oxygen atoms in total. The molecular formula is C23H26O11. The van der Waals surface area contributed by atoms with Gasteiger partial charge in [-0.3, -0.25) is 24.0 Å². The molecule has 34 heavy (non-hydrogen) atoms. The number of hydrogen-bond donors (Lipinski definition) is 0. The molecule has 0 N–H and O–H groups in total. The maximum Gasteiger partial charge on any atom is 0.345 e. The monoisotopic (exact) mass is 478 g/mol. The van der Waals surface area contributed by atoms with Crippen LogP contribution in [-0.4, -0.2) is 78.5 Å². The van der Waals surface area contributed by atoms with E-state index in [4.69, 9.17) is 23.7 Å². The van der Waals surface area contributed by atoms with Crippen LogP contribution in [0.15, 0.2) is 12.2 Å². The average molecular weight is 478 g/mol. The molecule has 8 unspecified atom stereocenters. The molecule has 0 aromatic rings. The lowest BCUT2D eigenvalue weighted by atomic mass is 9.80. The summed E-state index contributed by atoms with van der Waals surface area (Å²) < 4.78 is 27.4. The van der Waals surface area contributed by atoms with E-state index in [2.05, 4.69) is 6.58 Å². The minimum atomic E-state index is -1.59. The third kappa shape index (κ3) is 3.86. The normalized spacial score (nSPS) is 41.2. The predicted octanol–water partition coefficient (Wildman–Crippen LogP) is 0.0113. The highest BCUT2D eigenvalue weighted by atomic mass is 16.7. The van der Waals surface area contributed by atoms with Crippen molar-refractivity contribution in [1.29, 1.82) is 0 Å². The molecule has 0 saturated carbocycles. The number of esters is 3. The zero-order chi connectivity index (χ0) is 25.0. The van der Waals surface area contributed by atoms with Crippen molar-refractivity contribution in [3.63, 3.8) is 0 Å². The van der Waals surface area contributed by atoms with Crippen LogP contribution >= 0.6 is 0 Å². The summed E-state index contributed by atoms with van der Waals surface area (Å²) in [5.41, 5.74) is -2.74. The van der Waals surface area contributed by atoms with Crippen LogP contribution in [0.5, 0.6) is 0 Å². The van der Waals surface area contributed by atoms with E-state index in [0.29, 0.717) is 6.29 Å². The Bertz CT molecular complexity index is 985. The van der Waals surface area contributed by atoms with Gasteiger partial charge in [0.25, 0.3) is 0 Å². The Morgan fingerprint density at radius 3 is 2.47 bits per heavy atom. The van der Waals surface area contributed by atoms with E-state index in [-0.39, 0.29) is 24.8 Å². The van der Waals surface area contributed by atoms with Gasteiger partial charge in [0.15, 0.2) is 11.6 Å². The molecule has 0 amide bonds. The van der Waals surface area contributed by atoms with Crippen molar-refractivity contribution in [2.24, 2.45) is 11.8 Å². The summed E-state index contributed by atoms with van der Waals surface area (Å²) in [5.74, 6) is -5.98. The standard InChI is InChI=1S/C23H26O11/c1-10(9-24)12-5-13(26)17(20(28)30-4)18-14(27)7-22(3,33-18)8-15-19-23(34-19,21(29)32-15)16(6-12)31-11(2)25/h9,12,15-19H,1,5-8H2,2-4H3. The van der Waals surface area contributed by atoms with Gasteiger partial charge in [0.05, 0.1) is 12.7 Å². The van der Waals surface area contributed by atoms with E-state index in [1.54, 1.807) is 6.92 Å². The molecule has 0 aromatic heterocycles. The molecule has 8 atom stereocenters. The Labute approximate surface area is 195 Å². The molecule has 4 heterocycles. The number of rotatable bonds is 4. The zero-order valence-electron chi connectivity index (χ0n) is 19.1. The smallest absolute Gasteiger partial charge is 0.345 e. The molecule has 0 aromatic carbocycles. The predicted molar refractivity (Wildman–Crippen MR) is 109 cm³/mol. The quantitative estimate of drug-likeness (QED) is 0.134. The van der Waals surface area contributed by atoms with Gasteiger partial charge >= 0.3 is 17.9 Å². The second kappa shape index (κ2) is 8.38. The highest BCUT2D eigenvalue weighted by Crippen LogP contribution is 2.54. The van der Waals surface area contributed by atoms with Gasteiger partial charge in [-0.15, -0.1) is 0 Å². The van der Waals surface area contributed by atoms with Crippen molar-refractivity contribution in [3.05, 3.63) is 12.2 Å². The summed E-state index contributed by atoms with van der Waals surface area (Å²) in [6.45, 7) is 6.47. The van der Waals surface area contributed by atoms with Crippen molar-refractivity contribution >= 4 is 35.8 Å². The topological polar surface area (TPSA) is 152 Å². The Morgan fingerprint density at radius 2 is 1.88 bits per heavy atom. The number of Topliss-reactive ketones (excluding diaryl/α,β-unsaturated/α-hetero) is 2. The second-order valence-corrected chi connectivity index (χ2v) is 9.51.